The summed E-state index contributed by atoms with van der Waals surface area (Å²) in [4.78, 5) is 17.6. The molecule has 1 atom stereocenters. The Labute approximate surface area is 149 Å². The summed E-state index contributed by atoms with van der Waals surface area (Å²) in [6.45, 7) is 6.33. The van der Waals surface area contributed by atoms with Gasteiger partial charge in [-0.2, -0.15) is 5.10 Å². The minimum atomic E-state index is 0.172. The number of hydrogen-bond acceptors (Lipinski definition) is 3. The van der Waals surface area contributed by atoms with Crippen LogP contribution >= 0.6 is 0 Å². The monoisotopic (exact) mass is 338 g/mol. The Morgan fingerprint density at radius 3 is 2.52 bits per heavy atom. The van der Waals surface area contributed by atoms with Crippen LogP contribution in [-0.2, 0) is 0 Å². The third-order valence-electron chi connectivity index (χ3n) is 5.50. The Hall–Kier alpha value is -2.14. The molecule has 5 nitrogen and oxygen atoms in total. The molecule has 0 N–H and O–H groups in total. The van der Waals surface area contributed by atoms with E-state index in [1.54, 1.807) is 6.20 Å². The van der Waals surface area contributed by atoms with Crippen LogP contribution in [0, 0.1) is 6.92 Å². The van der Waals surface area contributed by atoms with Gasteiger partial charge in [0.25, 0.3) is 5.91 Å². The van der Waals surface area contributed by atoms with Gasteiger partial charge < -0.3 is 9.80 Å². The van der Waals surface area contributed by atoms with E-state index < -0.39 is 0 Å². The molecule has 2 saturated heterocycles. The second-order valence-corrected chi connectivity index (χ2v) is 7.23. The third kappa shape index (κ3) is 3.33. The van der Waals surface area contributed by atoms with Crippen molar-refractivity contribution in [1.29, 1.82) is 0 Å². The molecular formula is C20H26N4O. The number of carbonyl (C=O) groups excluding carboxylic acids is 1. The van der Waals surface area contributed by atoms with Crippen molar-refractivity contribution in [3.63, 3.8) is 0 Å². The molecule has 0 aliphatic carbocycles. The second kappa shape index (κ2) is 7.00. The lowest BCUT2D eigenvalue weighted by Gasteiger charge is -2.28. The highest BCUT2D eigenvalue weighted by Gasteiger charge is 2.31. The fourth-order valence-electron chi connectivity index (χ4n) is 4.11. The number of aromatic nitrogens is 2. The van der Waals surface area contributed by atoms with E-state index in [-0.39, 0.29) is 5.91 Å². The van der Waals surface area contributed by atoms with E-state index in [1.807, 2.05) is 41.9 Å². The van der Waals surface area contributed by atoms with E-state index in [4.69, 9.17) is 0 Å². The van der Waals surface area contributed by atoms with Crippen LogP contribution in [0.3, 0.4) is 0 Å². The maximum absolute atomic E-state index is 13.0. The molecule has 2 aliphatic heterocycles. The van der Waals surface area contributed by atoms with Gasteiger partial charge in [-0.05, 0) is 76.0 Å². The first-order valence-corrected chi connectivity index (χ1v) is 9.37. The number of carbonyl (C=O) groups is 1. The summed E-state index contributed by atoms with van der Waals surface area (Å²) in [7, 11) is 0. The molecular weight excluding hydrogens is 312 g/mol. The molecule has 1 aromatic heterocycles. The van der Waals surface area contributed by atoms with Crippen LogP contribution in [0.5, 0.6) is 0 Å². The zero-order valence-corrected chi connectivity index (χ0v) is 14.9. The molecule has 2 fully saturated rings. The van der Waals surface area contributed by atoms with Crippen molar-refractivity contribution in [1.82, 2.24) is 19.6 Å². The van der Waals surface area contributed by atoms with Crippen LogP contribution in [0.1, 0.15) is 41.7 Å². The predicted molar refractivity (Wildman–Crippen MR) is 98.0 cm³/mol. The Balaban J connectivity index is 1.47. The van der Waals surface area contributed by atoms with E-state index in [9.17, 15) is 4.79 Å². The number of hydrogen-bond donors (Lipinski definition) is 0. The first-order chi connectivity index (χ1) is 12.2. The van der Waals surface area contributed by atoms with Gasteiger partial charge in [0.2, 0.25) is 0 Å². The summed E-state index contributed by atoms with van der Waals surface area (Å²) in [5.41, 5.74) is 2.86. The summed E-state index contributed by atoms with van der Waals surface area (Å²) in [6, 6.07) is 10.2. The van der Waals surface area contributed by atoms with E-state index in [2.05, 4.69) is 14.9 Å². The lowest BCUT2D eigenvalue weighted by molar-refractivity contribution is 0.0709. The lowest BCUT2D eigenvalue weighted by atomic mass is 10.1. The van der Waals surface area contributed by atoms with Gasteiger partial charge >= 0.3 is 0 Å². The van der Waals surface area contributed by atoms with Crippen molar-refractivity contribution in [3.8, 4) is 5.69 Å². The molecule has 2 aliphatic rings. The van der Waals surface area contributed by atoms with Crippen LogP contribution in [0.4, 0.5) is 0 Å². The predicted octanol–water partition coefficient (Wildman–Crippen LogP) is 2.88. The molecule has 2 aromatic rings. The second-order valence-electron chi connectivity index (χ2n) is 7.23. The number of benzene rings is 1. The number of likely N-dealkylation sites (tertiary alicyclic amines) is 2. The molecule has 4 rings (SSSR count). The average molecular weight is 338 g/mol. The van der Waals surface area contributed by atoms with Crippen molar-refractivity contribution in [2.45, 2.75) is 38.6 Å². The van der Waals surface area contributed by atoms with E-state index in [1.165, 1.54) is 25.9 Å². The van der Waals surface area contributed by atoms with Gasteiger partial charge in [-0.15, -0.1) is 0 Å². The van der Waals surface area contributed by atoms with Gasteiger partial charge in [-0.3, -0.25) is 4.79 Å². The fraction of sp³-hybridized carbons (Fsp3) is 0.500. The van der Waals surface area contributed by atoms with Crippen LogP contribution in [-0.4, -0.2) is 57.7 Å². The van der Waals surface area contributed by atoms with Gasteiger partial charge in [0.1, 0.15) is 0 Å². The number of aryl methyl sites for hydroxylation is 1. The molecule has 0 spiro atoms. The summed E-state index contributed by atoms with van der Waals surface area (Å²) in [6.07, 6.45) is 6.65. The smallest absolute Gasteiger partial charge is 0.254 e. The summed E-state index contributed by atoms with van der Waals surface area (Å²) < 4.78 is 1.89. The molecule has 0 saturated carbocycles. The number of nitrogens with zero attached hydrogens (tertiary/aromatic N) is 4. The van der Waals surface area contributed by atoms with Gasteiger partial charge in [-0.25, -0.2) is 4.68 Å². The Bertz CT molecular complexity index is 730. The summed E-state index contributed by atoms with van der Waals surface area (Å²) in [5.74, 6) is 0.172. The van der Waals surface area contributed by atoms with Crippen molar-refractivity contribution in [2.75, 3.05) is 26.2 Å². The Morgan fingerprint density at radius 1 is 1.08 bits per heavy atom. The van der Waals surface area contributed by atoms with Crippen LogP contribution in [0.2, 0.25) is 0 Å². The third-order valence-corrected chi connectivity index (χ3v) is 5.50. The topological polar surface area (TPSA) is 41.4 Å². The van der Waals surface area contributed by atoms with E-state index in [0.717, 1.165) is 42.9 Å². The van der Waals surface area contributed by atoms with E-state index >= 15 is 0 Å². The maximum atomic E-state index is 13.0. The van der Waals surface area contributed by atoms with Crippen LogP contribution < -0.4 is 0 Å². The minimum absolute atomic E-state index is 0.172. The van der Waals surface area contributed by atoms with Crippen molar-refractivity contribution < 1.29 is 4.79 Å². The zero-order chi connectivity index (χ0) is 17.2. The molecule has 1 amide bonds. The Morgan fingerprint density at radius 2 is 1.84 bits per heavy atom. The maximum Gasteiger partial charge on any atom is 0.254 e. The van der Waals surface area contributed by atoms with Crippen LogP contribution in [0.15, 0.2) is 36.5 Å². The summed E-state index contributed by atoms with van der Waals surface area (Å²) in [5, 5.41) is 4.32. The van der Waals surface area contributed by atoms with Crippen LogP contribution in [0.25, 0.3) is 5.69 Å². The van der Waals surface area contributed by atoms with Gasteiger partial charge in [0.05, 0.1) is 5.69 Å². The average Bonchev–Trinajstić information content (AvgIpc) is 3.37. The zero-order valence-electron chi connectivity index (χ0n) is 14.9. The SMILES string of the molecule is Cc1ccnn1-c1ccc(C(=O)N2CCC[C@H]2CN2CCCC2)cc1. The highest BCUT2D eigenvalue weighted by atomic mass is 16.2. The molecule has 1 aromatic carbocycles. The first kappa shape index (κ1) is 16.3. The molecule has 0 bridgehead atoms. The number of amides is 1. The van der Waals surface area contributed by atoms with Crippen molar-refractivity contribution in [2.24, 2.45) is 0 Å². The first-order valence-electron chi connectivity index (χ1n) is 9.37. The summed E-state index contributed by atoms with van der Waals surface area (Å²) >= 11 is 0. The van der Waals surface area contributed by atoms with Gasteiger partial charge in [0, 0.05) is 36.6 Å². The highest BCUT2D eigenvalue weighted by Crippen LogP contribution is 2.23. The highest BCUT2D eigenvalue weighted by molar-refractivity contribution is 5.94. The lowest BCUT2D eigenvalue weighted by Crippen LogP contribution is -2.42. The quantitative estimate of drug-likeness (QED) is 0.861. The standard InChI is InChI=1S/C20H26N4O/c1-16-10-11-21-24(16)18-8-6-17(7-9-18)20(25)23-14-4-5-19(23)15-22-12-2-3-13-22/h6-11,19H,2-5,12-15H2,1H3/t19-/m0/s1. The van der Waals surface area contributed by atoms with Crippen molar-refractivity contribution in [3.05, 3.63) is 47.8 Å². The van der Waals surface area contributed by atoms with Crippen molar-refractivity contribution >= 4 is 5.91 Å². The molecule has 25 heavy (non-hydrogen) atoms. The van der Waals surface area contributed by atoms with Gasteiger partial charge in [-0.1, -0.05) is 0 Å². The molecule has 0 radical (unpaired) electrons. The minimum Gasteiger partial charge on any atom is -0.334 e. The largest absolute Gasteiger partial charge is 0.334 e. The van der Waals surface area contributed by atoms with Gasteiger partial charge in [0.15, 0.2) is 0 Å². The number of rotatable bonds is 4. The molecule has 3 heterocycles. The Kier molecular flexibility index (Phi) is 4.57. The molecule has 132 valence electrons. The fourth-order valence-corrected chi connectivity index (χ4v) is 4.11. The van der Waals surface area contributed by atoms with E-state index in [0.29, 0.717) is 6.04 Å². The normalized spacial score (nSPS) is 21.2. The molecule has 5 heteroatoms. The molecule has 0 unspecified atom stereocenters.